The van der Waals surface area contributed by atoms with Crippen LogP contribution in [0.5, 0.6) is 0 Å². The number of carbonyl (C=O) groups is 4. The average Bonchev–Trinajstić information content (AvgIpc) is 3.06. The van der Waals surface area contributed by atoms with Crippen molar-refractivity contribution in [2.24, 2.45) is 5.92 Å². The molecule has 1 heterocycles. The van der Waals surface area contributed by atoms with E-state index in [1.807, 2.05) is 44.2 Å². The number of likely N-dealkylation sites (N-methyl/N-ethyl adjacent to an activating group) is 1. The molecular weight excluding hydrogens is 566 g/mol. The van der Waals surface area contributed by atoms with Gasteiger partial charge < -0.3 is 15.0 Å². The first-order chi connectivity index (χ1) is 21.5. The molecule has 0 saturated carbocycles. The van der Waals surface area contributed by atoms with Crippen LogP contribution >= 0.6 is 0 Å². The predicted octanol–water partition coefficient (Wildman–Crippen LogP) is 5.59. The molecule has 2 aromatic rings. The van der Waals surface area contributed by atoms with Crippen molar-refractivity contribution in [1.29, 1.82) is 0 Å². The molecule has 0 aromatic heterocycles. The molecule has 2 amide bonds. The minimum absolute atomic E-state index is 0.00204. The number of nitrogens with zero attached hydrogens (tertiary/aromatic N) is 2. The van der Waals surface area contributed by atoms with E-state index in [4.69, 9.17) is 4.74 Å². The minimum Gasteiger partial charge on any atom is -0.463 e. The summed E-state index contributed by atoms with van der Waals surface area (Å²) >= 11 is 0. The van der Waals surface area contributed by atoms with Crippen LogP contribution in [0.1, 0.15) is 88.7 Å². The normalized spacial score (nSPS) is 17.7. The van der Waals surface area contributed by atoms with E-state index in [1.165, 1.54) is 0 Å². The van der Waals surface area contributed by atoms with E-state index in [0.717, 1.165) is 37.8 Å². The Morgan fingerprint density at radius 2 is 1.62 bits per heavy atom. The molecule has 0 aliphatic carbocycles. The van der Waals surface area contributed by atoms with Gasteiger partial charge in [0.2, 0.25) is 11.8 Å². The van der Waals surface area contributed by atoms with Gasteiger partial charge in [-0.3, -0.25) is 19.3 Å². The van der Waals surface area contributed by atoms with Crippen LogP contribution in [0.2, 0.25) is 0 Å². The molecule has 45 heavy (non-hydrogen) atoms. The smallest absolute Gasteiger partial charge is 0.333 e. The summed E-state index contributed by atoms with van der Waals surface area (Å²) in [5, 5.41) is 3.13. The van der Waals surface area contributed by atoms with Crippen LogP contribution in [0.4, 0.5) is 0 Å². The zero-order valence-electron chi connectivity index (χ0n) is 28.0. The fourth-order valence-corrected chi connectivity index (χ4v) is 5.96. The molecule has 8 nitrogen and oxygen atoms in total. The number of carbonyl (C=O) groups excluding carboxylic acids is 4. The quantitative estimate of drug-likeness (QED) is 0.169. The molecule has 1 saturated heterocycles. The van der Waals surface area contributed by atoms with Crippen molar-refractivity contribution in [3.05, 3.63) is 82.9 Å². The number of hydrogen-bond donors (Lipinski definition) is 1. The Kier molecular flexibility index (Phi) is 13.5. The summed E-state index contributed by atoms with van der Waals surface area (Å²) in [6.07, 6.45) is 5.74. The summed E-state index contributed by atoms with van der Waals surface area (Å²) < 4.78 is 5.17. The number of benzene rings is 2. The maximum Gasteiger partial charge on any atom is 0.333 e. The molecule has 0 spiro atoms. The minimum atomic E-state index is -0.837. The predicted molar refractivity (Wildman–Crippen MR) is 178 cm³/mol. The van der Waals surface area contributed by atoms with Gasteiger partial charge in [0, 0.05) is 36.2 Å². The number of likely N-dealkylation sites (tertiary alicyclic amines) is 1. The summed E-state index contributed by atoms with van der Waals surface area (Å²) in [4.78, 5) is 57.3. The van der Waals surface area contributed by atoms with Crippen molar-refractivity contribution in [3.63, 3.8) is 0 Å². The number of ether oxygens (including phenoxy) is 1. The topological polar surface area (TPSA) is 96.0 Å². The van der Waals surface area contributed by atoms with E-state index in [0.29, 0.717) is 16.7 Å². The molecule has 0 radical (unpaired) electrons. The van der Waals surface area contributed by atoms with Crippen LogP contribution < -0.4 is 5.32 Å². The molecule has 3 rings (SSSR count). The van der Waals surface area contributed by atoms with Gasteiger partial charge in [-0.2, -0.15) is 0 Å². The van der Waals surface area contributed by atoms with Gasteiger partial charge in [0.1, 0.15) is 6.04 Å². The van der Waals surface area contributed by atoms with Crippen LogP contribution in [-0.2, 0) is 25.5 Å². The molecule has 244 valence electrons. The van der Waals surface area contributed by atoms with Crippen molar-refractivity contribution in [2.45, 2.75) is 97.8 Å². The van der Waals surface area contributed by atoms with E-state index in [2.05, 4.69) is 24.1 Å². The molecule has 3 unspecified atom stereocenters. The van der Waals surface area contributed by atoms with Gasteiger partial charge in [0.05, 0.1) is 18.7 Å². The van der Waals surface area contributed by atoms with Crippen LogP contribution in [-0.4, -0.2) is 77.7 Å². The lowest BCUT2D eigenvalue weighted by Gasteiger charge is -2.39. The molecular formula is C37H51N3O5. The Morgan fingerprint density at radius 1 is 0.978 bits per heavy atom. The molecule has 8 heteroatoms. The highest BCUT2D eigenvalue weighted by molar-refractivity contribution is 6.09. The highest BCUT2D eigenvalue weighted by Gasteiger charge is 2.35. The molecule has 2 aromatic carbocycles. The summed E-state index contributed by atoms with van der Waals surface area (Å²) in [6, 6.07) is 15.1. The molecule has 1 aliphatic rings. The van der Waals surface area contributed by atoms with Crippen LogP contribution in [0.3, 0.4) is 0 Å². The van der Waals surface area contributed by atoms with Gasteiger partial charge in [-0.25, -0.2) is 4.79 Å². The number of esters is 1. The highest BCUT2D eigenvalue weighted by atomic mass is 16.5. The van der Waals surface area contributed by atoms with E-state index in [-0.39, 0.29) is 48.6 Å². The number of amides is 2. The van der Waals surface area contributed by atoms with Crippen molar-refractivity contribution in [1.82, 2.24) is 15.1 Å². The first-order valence-corrected chi connectivity index (χ1v) is 16.3. The van der Waals surface area contributed by atoms with Crippen molar-refractivity contribution < 1.29 is 23.9 Å². The maximum absolute atomic E-state index is 14.2. The second kappa shape index (κ2) is 17.1. The van der Waals surface area contributed by atoms with Crippen LogP contribution in [0.15, 0.2) is 66.2 Å². The summed E-state index contributed by atoms with van der Waals surface area (Å²) in [5.41, 5.74) is 2.42. The van der Waals surface area contributed by atoms with Gasteiger partial charge in [0.15, 0.2) is 5.78 Å². The van der Waals surface area contributed by atoms with E-state index < -0.39 is 18.1 Å². The fourth-order valence-electron chi connectivity index (χ4n) is 5.96. The second-order valence-electron chi connectivity index (χ2n) is 12.4. The van der Waals surface area contributed by atoms with Gasteiger partial charge in [0.25, 0.3) is 0 Å². The van der Waals surface area contributed by atoms with Crippen molar-refractivity contribution in [2.75, 3.05) is 20.2 Å². The Bertz CT molecular complexity index is 1320. The van der Waals surface area contributed by atoms with Crippen molar-refractivity contribution in [3.8, 4) is 0 Å². The molecule has 0 bridgehead atoms. The Balaban J connectivity index is 1.90. The zero-order valence-corrected chi connectivity index (χ0v) is 28.0. The first-order valence-electron chi connectivity index (χ1n) is 16.3. The first kappa shape index (κ1) is 35.7. The average molecular weight is 618 g/mol. The molecule has 1 fully saturated rings. The van der Waals surface area contributed by atoms with Gasteiger partial charge in [-0.15, -0.1) is 0 Å². The van der Waals surface area contributed by atoms with Gasteiger partial charge in [-0.1, -0.05) is 87.9 Å². The third-order valence-electron chi connectivity index (χ3n) is 8.81. The molecule has 1 N–H and O–H groups in total. The van der Waals surface area contributed by atoms with Crippen molar-refractivity contribution >= 4 is 23.6 Å². The van der Waals surface area contributed by atoms with E-state index in [9.17, 15) is 19.2 Å². The molecule has 1 aliphatic heterocycles. The summed E-state index contributed by atoms with van der Waals surface area (Å²) in [7, 11) is 1.72. The monoisotopic (exact) mass is 617 g/mol. The third-order valence-corrected chi connectivity index (χ3v) is 8.81. The lowest BCUT2D eigenvalue weighted by atomic mass is 9.95. The third kappa shape index (κ3) is 9.60. The Morgan fingerprint density at radius 3 is 2.22 bits per heavy atom. The van der Waals surface area contributed by atoms with Crippen LogP contribution in [0, 0.1) is 5.92 Å². The summed E-state index contributed by atoms with van der Waals surface area (Å²) in [5.74, 6) is -0.875. The number of rotatable bonds is 14. The largest absolute Gasteiger partial charge is 0.463 e. The second-order valence-corrected chi connectivity index (χ2v) is 12.4. The lowest BCUT2D eigenvalue weighted by Crippen LogP contribution is -2.58. The standard InChI is InChI=1S/C37H51N3O5/c1-8-27(6)40-22-14-13-17-32(40)35(42)38-31(36(43)39(7)33(25(3)4)23-26(5)37(44)45-9-2)24-28-18-20-30(21-19-28)34(41)29-15-11-10-12-16-29/h10-12,15-16,18-21,23,25,27,31-33H,8-9,13-14,17,22,24H2,1-7H3,(H,38,42)/b26-23+/t27?,31?,32?,33-/m1/s1. The van der Waals surface area contributed by atoms with Gasteiger partial charge in [-0.05, 0) is 58.1 Å². The van der Waals surface area contributed by atoms with Crippen LogP contribution in [0.25, 0.3) is 0 Å². The SMILES string of the molecule is CCOC(=O)/C(C)=C/[C@H](C(C)C)N(C)C(=O)C(Cc1ccc(C(=O)c2ccccc2)cc1)NC(=O)C1CCCCN1C(C)CC. The highest BCUT2D eigenvalue weighted by Crippen LogP contribution is 2.23. The molecule has 4 atom stereocenters. The zero-order chi connectivity index (χ0) is 33.1. The summed E-state index contributed by atoms with van der Waals surface area (Å²) in [6.45, 7) is 12.8. The Hall–Kier alpha value is -3.78. The number of ketones is 1. The fraction of sp³-hybridized carbons (Fsp3) is 0.514. The lowest BCUT2D eigenvalue weighted by molar-refractivity contribution is -0.139. The maximum atomic E-state index is 14.2. The number of nitrogens with one attached hydrogen (secondary N) is 1. The van der Waals surface area contributed by atoms with Gasteiger partial charge >= 0.3 is 5.97 Å². The Labute approximate surface area is 269 Å². The van der Waals surface area contributed by atoms with E-state index in [1.54, 1.807) is 56.1 Å². The number of piperidine rings is 1. The van der Waals surface area contributed by atoms with E-state index >= 15 is 0 Å². The number of hydrogen-bond acceptors (Lipinski definition) is 6.